The Morgan fingerprint density at radius 3 is 1.56 bits per heavy atom. The first kappa shape index (κ1) is 14.4. The van der Waals surface area contributed by atoms with E-state index in [0.29, 0.717) is 0 Å². The number of nitrogens with one attached hydrogen (secondary N) is 1. The Bertz CT molecular complexity index is 854. The van der Waals surface area contributed by atoms with Gasteiger partial charge in [0.15, 0.2) is 0 Å². The number of amides is 2. The van der Waals surface area contributed by atoms with Crippen LogP contribution in [-0.4, -0.2) is 11.8 Å². The third-order valence-electron chi connectivity index (χ3n) is 5.67. The first-order valence-corrected chi connectivity index (χ1v) is 8.63. The highest BCUT2D eigenvalue weighted by atomic mass is 16.2. The van der Waals surface area contributed by atoms with Gasteiger partial charge in [0, 0.05) is 11.8 Å². The first-order chi connectivity index (χ1) is 12.3. The number of hydrogen-bond acceptors (Lipinski definition) is 2. The summed E-state index contributed by atoms with van der Waals surface area (Å²) in [4.78, 5) is 24.6. The van der Waals surface area contributed by atoms with Gasteiger partial charge in [-0.1, -0.05) is 72.8 Å². The van der Waals surface area contributed by atoms with Gasteiger partial charge in [-0.3, -0.25) is 14.9 Å². The molecule has 2 aromatic rings. The van der Waals surface area contributed by atoms with Crippen LogP contribution in [0.3, 0.4) is 0 Å². The van der Waals surface area contributed by atoms with Crippen LogP contribution < -0.4 is 5.32 Å². The van der Waals surface area contributed by atoms with E-state index in [-0.39, 0.29) is 35.5 Å². The van der Waals surface area contributed by atoms with E-state index < -0.39 is 0 Å². The maximum Gasteiger partial charge on any atom is 0.231 e. The number of imide groups is 1. The molecule has 2 aliphatic carbocycles. The van der Waals surface area contributed by atoms with Crippen LogP contribution in [0.4, 0.5) is 0 Å². The largest absolute Gasteiger partial charge is 0.296 e. The normalized spacial score (nSPS) is 29.0. The Morgan fingerprint density at radius 2 is 1.12 bits per heavy atom. The molecule has 2 unspecified atom stereocenters. The van der Waals surface area contributed by atoms with E-state index in [0.717, 1.165) is 16.7 Å². The van der Waals surface area contributed by atoms with Crippen LogP contribution in [0.5, 0.6) is 0 Å². The molecule has 1 aliphatic heterocycles. The van der Waals surface area contributed by atoms with Crippen molar-refractivity contribution in [2.24, 2.45) is 23.7 Å². The second-order valence-electron chi connectivity index (χ2n) is 6.90. The Balaban J connectivity index is 1.75. The van der Waals surface area contributed by atoms with Gasteiger partial charge in [0.1, 0.15) is 0 Å². The number of benzene rings is 2. The molecule has 1 saturated heterocycles. The molecule has 0 aromatic heterocycles. The van der Waals surface area contributed by atoms with Gasteiger partial charge in [0.2, 0.25) is 11.8 Å². The Kier molecular flexibility index (Phi) is 3.04. The maximum atomic E-state index is 12.3. The highest BCUT2D eigenvalue weighted by molar-refractivity contribution is 6.08. The van der Waals surface area contributed by atoms with E-state index in [2.05, 4.69) is 41.7 Å². The fourth-order valence-corrected chi connectivity index (χ4v) is 4.73. The summed E-state index contributed by atoms with van der Waals surface area (Å²) in [5.41, 5.74) is 4.65. The summed E-state index contributed by atoms with van der Waals surface area (Å²) in [6.45, 7) is 0. The Morgan fingerprint density at radius 1 is 0.680 bits per heavy atom. The van der Waals surface area contributed by atoms with Crippen molar-refractivity contribution in [3.8, 4) is 0 Å². The van der Waals surface area contributed by atoms with Crippen molar-refractivity contribution in [1.29, 1.82) is 0 Å². The quantitative estimate of drug-likeness (QED) is 0.680. The molecule has 0 spiro atoms. The predicted octanol–water partition coefficient (Wildman–Crippen LogP) is 3.19. The van der Waals surface area contributed by atoms with Crippen molar-refractivity contribution in [3.05, 3.63) is 89.5 Å². The molecule has 2 aromatic carbocycles. The molecular formula is C22H17NO2. The number of allylic oxidation sites excluding steroid dienone is 3. The number of rotatable bonds is 2. The first-order valence-electron chi connectivity index (χ1n) is 8.63. The van der Waals surface area contributed by atoms with Crippen molar-refractivity contribution in [2.75, 3.05) is 0 Å². The number of hydrogen-bond donors (Lipinski definition) is 1. The topological polar surface area (TPSA) is 46.2 Å². The molecule has 5 rings (SSSR count). The van der Waals surface area contributed by atoms with Crippen LogP contribution in [0.25, 0.3) is 5.57 Å². The van der Waals surface area contributed by atoms with Crippen molar-refractivity contribution < 1.29 is 9.59 Å². The lowest BCUT2D eigenvalue weighted by atomic mass is 9.85. The predicted molar refractivity (Wildman–Crippen MR) is 95.2 cm³/mol. The standard InChI is InChI=1S/C22H17NO2/c24-21-19-15-11-12-16(20(19)22(25)23-21)18(15)17(13-7-3-1-4-8-13)14-9-5-2-6-10-14/h1-12,15-16,19-20H,(H,23,24,25)/t15-,16-,19?,20?/m1/s1. The molecule has 3 heteroatoms. The number of carbonyl (C=O) groups is 2. The van der Waals surface area contributed by atoms with Gasteiger partial charge in [0.25, 0.3) is 0 Å². The molecular weight excluding hydrogens is 310 g/mol. The summed E-state index contributed by atoms with van der Waals surface area (Å²) in [6, 6.07) is 20.5. The molecule has 122 valence electrons. The molecule has 0 radical (unpaired) electrons. The zero-order valence-corrected chi connectivity index (χ0v) is 13.6. The fourth-order valence-electron chi connectivity index (χ4n) is 4.73. The molecule has 2 bridgehead atoms. The lowest BCUT2D eigenvalue weighted by molar-refractivity contribution is -0.126. The monoisotopic (exact) mass is 327 g/mol. The van der Waals surface area contributed by atoms with E-state index in [4.69, 9.17) is 0 Å². The van der Waals surface area contributed by atoms with Gasteiger partial charge in [-0.25, -0.2) is 0 Å². The van der Waals surface area contributed by atoms with Crippen molar-refractivity contribution >= 4 is 17.4 Å². The number of carbonyl (C=O) groups excluding carboxylic acids is 2. The molecule has 1 heterocycles. The van der Waals surface area contributed by atoms with Gasteiger partial charge in [-0.2, -0.15) is 0 Å². The average molecular weight is 327 g/mol. The summed E-state index contributed by atoms with van der Waals surface area (Å²) in [6.07, 6.45) is 4.23. The molecule has 2 amide bonds. The summed E-state index contributed by atoms with van der Waals surface area (Å²) in [7, 11) is 0. The van der Waals surface area contributed by atoms with Crippen LogP contribution in [-0.2, 0) is 9.59 Å². The summed E-state index contributed by atoms with van der Waals surface area (Å²) < 4.78 is 0. The average Bonchev–Trinajstić information content (AvgIpc) is 3.29. The van der Waals surface area contributed by atoms with E-state index in [9.17, 15) is 9.59 Å². The smallest absolute Gasteiger partial charge is 0.231 e. The van der Waals surface area contributed by atoms with Crippen LogP contribution in [0.1, 0.15) is 11.1 Å². The van der Waals surface area contributed by atoms with E-state index in [1.165, 1.54) is 5.57 Å². The second-order valence-corrected chi connectivity index (χ2v) is 6.90. The molecule has 1 saturated carbocycles. The Hall–Kier alpha value is -2.94. The lowest BCUT2D eigenvalue weighted by Gasteiger charge is -2.18. The number of fused-ring (bicyclic) bond motifs is 5. The van der Waals surface area contributed by atoms with Gasteiger partial charge in [0.05, 0.1) is 11.8 Å². The fraction of sp³-hybridized carbons (Fsp3) is 0.182. The van der Waals surface area contributed by atoms with E-state index >= 15 is 0 Å². The Labute approximate surface area is 146 Å². The molecule has 25 heavy (non-hydrogen) atoms. The van der Waals surface area contributed by atoms with Gasteiger partial charge < -0.3 is 0 Å². The minimum atomic E-state index is -0.250. The summed E-state index contributed by atoms with van der Waals surface area (Å²) in [5, 5.41) is 2.52. The van der Waals surface area contributed by atoms with Crippen molar-refractivity contribution in [1.82, 2.24) is 5.32 Å². The van der Waals surface area contributed by atoms with Crippen molar-refractivity contribution in [2.45, 2.75) is 0 Å². The van der Waals surface area contributed by atoms with Crippen LogP contribution in [0.2, 0.25) is 0 Å². The minimum Gasteiger partial charge on any atom is -0.296 e. The molecule has 3 nitrogen and oxygen atoms in total. The van der Waals surface area contributed by atoms with Gasteiger partial charge >= 0.3 is 0 Å². The summed E-state index contributed by atoms with van der Waals surface area (Å²) in [5.74, 6) is -0.719. The van der Waals surface area contributed by atoms with Crippen LogP contribution in [0.15, 0.2) is 78.4 Å². The molecule has 1 N–H and O–H groups in total. The highest BCUT2D eigenvalue weighted by Crippen LogP contribution is 2.56. The van der Waals surface area contributed by atoms with E-state index in [1.807, 2.05) is 36.4 Å². The zero-order chi connectivity index (χ0) is 17.0. The van der Waals surface area contributed by atoms with E-state index in [1.54, 1.807) is 0 Å². The minimum absolute atomic E-state index is 0.0110. The maximum absolute atomic E-state index is 12.3. The molecule has 3 aliphatic rings. The third-order valence-corrected chi connectivity index (χ3v) is 5.67. The van der Waals surface area contributed by atoms with Gasteiger partial charge in [-0.05, 0) is 22.3 Å². The van der Waals surface area contributed by atoms with Crippen LogP contribution in [0, 0.1) is 23.7 Å². The zero-order valence-electron chi connectivity index (χ0n) is 13.6. The van der Waals surface area contributed by atoms with Crippen LogP contribution >= 0.6 is 0 Å². The second kappa shape index (κ2) is 5.28. The third kappa shape index (κ3) is 1.99. The summed E-state index contributed by atoms with van der Waals surface area (Å²) >= 11 is 0. The SMILES string of the molecule is O=C1NC(=O)C2C1[C@@H]1C=C[C@@H]2C1=C(c1ccccc1)c1ccccc1. The van der Waals surface area contributed by atoms with Crippen molar-refractivity contribution in [3.63, 3.8) is 0 Å². The molecule has 4 atom stereocenters. The van der Waals surface area contributed by atoms with Gasteiger partial charge in [-0.15, -0.1) is 0 Å². The molecule has 2 fully saturated rings. The highest BCUT2D eigenvalue weighted by Gasteiger charge is 2.59. The lowest BCUT2D eigenvalue weighted by Crippen LogP contribution is -2.26.